The molecule has 5 heteroatoms. The smallest absolute Gasteiger partial charge is 0.279 e. The minimum Gasteiger partial charge on any atom is -0.364 e. The Kier molecular flexibility index (Phi) is 2.97. The molecule has 1 aromatic rings. The fourth-order valence-electron chi connectivity index (χ4n) is 0.770. The van der Waals surface area contributed by atoms with Gasteiger partial charge in [0.1, 0.15) is 0 Å². The second-order valence-electron chi connectivity index (χ2n) is 2.54. The number of nitrogens with one attached hydrogen (secondary N) is 1. The molecule has 1 rings (SSSR count). The van der Waals surface area contributed by atoms with Gasteiger partial charge in [-0.2, -0.15) is 0 Å². The van der Waals surface area contributed by atoms with Crippen LogP contribution < -0.4 is 11.2 Å². The Balaban J connectivity index is 2.65. The lowest BCUT2D eigenvalue weighted by Gasteiger charge is -1.99. The van der Waals surface area contributed by atoms with Crippen LogP contribution in [0.15, 0.2) is 34.5 Å². The summed E-state index contributed by atoms with van der Waals surface area (Å²) >= 11 is 0. The first-order chi connectivity index (χ1) is 6.22. The number of nitroso groups, excluding NO2 is 1. The van der Waals surface area contributed by atoms with E-state index in [0.29, 0.717) is 0 Å². The second-order valence-corrected chi connectivity index (χ2v) is 2.54. The van der Waals surface area contributed by atoms with E-state index in [1.165, 1.54) is 0 Å². The van der Waals surface area contributed by atoms with E-state index in [2.05, 4.69) is 15.7 Å². The van der Waals surface area contributed by atoms with Gasteiger partial charge in [-0.05, 0) is 19.1 Å². The van der Waals surface area contributed by atoms with Gasteiger partial charge in [0.05, 0.1) is 5.69 Å². The molecule has 0 radical (unpaired) electrons. The first-order valence-corrected chi connectivity index (χ1v) is 3.71. The predicted molar refractivity (Wildman–Crippen MR) is 52.2 cm³/mol. The zero-order chi connectivity index (χ0) is 9.68. The molecule has 0 aromatic heterocycles. The average molecular weight is 178 g/mol. The largest absolute Gasteiger partial charge is 0.364 e. The summed E-state index contributed by atoms with van der Waals surface area (Å²) in [6.07, 6.45) is 0. The summed E-state index contributed by atoms with van der Waals surface area (Å²) in [4.78, 5) is 9.83. The van der Waals surface area contributed by atoms with Crippen LogP contribution in [-0.4, -0.2) is 5.96 Å². The quantitative estimate of drug-likeness (QED) is 0.311. The van der Waals surface area contributed by atoms with Crippen LogP contribution in [0.4, 0.5) is 5.69 Å². The van der Waals surface area contributed by atoms with Gasteiger partial charge in [-0.3, -0.25) is 5.43 Å². The van der Waals surface area contributed by atoms with Crippen molar-refractivity contribution in [1.82, 2.24) is 0 Å². The lowest BCUT2D eigenvalue weighted by Crippen LogP contribution is -2.09. The summed E-state index contributed by atoms with van der Waals surface area (Å²) in [7, 11) is 0. The van der Waals surface area contributed by atoms with Crippen molar-refractivity contribution in [3.8, 4) is 0 Å². The summed E-state index contributed by atoms with van der Waals surface area (Å²) in [5, 5.41) is 5.94. The highest BCUT2D eigenvalue weighted by molar-refractivity contribution is 5.79. The lowest BCUT2D eigenvalue weighted by molar-refractivity contribution is 1.28. The maximum absolute atomic E-state index is 9.83. The molecule has 0 saturated heterocycles. The third-order valence-electron chi connectivity index (χ3n) is 1.44. The number of aryl methyl sites for hydroxylation is 1. The van der Waals surface area contributed by atoms with Crippen LogP contribution in [0.1, 0.15) is 5.56 Å². The summed E-state index contributed by atoms with van der Waals surface area (Å²) in [5.74, 6) is -0.319. The Morgan fingerprint density at radius 3 is 2.54 bits per heavy atom. The van der Waals surface area contributed by atoms with Gasteiger partial charge in [0.25, 0.3) is 5.96 Å². The van der Waals surface area contributed by atoms with Crippen molar-refractivity contribution in [2.24, 2.45) is 16.0 Å². The highest BCUT2D eigenvalue weighted by atomic mass is 16.3. The molecule has 0 aliphatic rings. The number of hydrogen-bond donors (Lipinski definition) is 2. The Morgan fingerprint density at radius 1 is 1.38 bits per heavy atom. The predicted octanol–water partition coefficient (Wildman–Crippen LogP) is 1.40. The average Bonchev–Trinajstić information content (AvgIpc) is 2.16. The molecule has 0 heterocycles. The SMILES string of the molecule is Cc1ccc(N/N=C(\N)N=O)cc1. The van der Waals surface area contributed by atoms with Crippen LogP contribution in [0.3, 0.4) is 0 Å². The molecule has 0 saturated carbocycles. The number of nitrogens with zero attached hydrogens (tertiary/aromatic N) is 2. The number of hydrazone groups is 1. The van der Waals surface area contributed by atoms with Crippen LogP contribution in [-0.2, 0) is 0 Å². The van der Waals surface area contributed by atoms with Crippen molar-refractivity contribution in [2.75, 3.05) is 5.43 Å². The van der Waals surface area contributed by atoms with E-state index in [9.17, 15) is 4.91 Å². The first-order valence-electron chi connectivity index (χ1n) is 3.71. The van der Waals surface area contributed by atoms with Crippen LogP contribution in [0, 0.1) is 11.8 Å². The minimum atomic E-state index is -0.319. The van der Waals surface area contributed by atoms with E-state index in [4.69, 9.17) is 5.73 Å². The van der Waals surface area contributed by atoms with E-state index in [1.807, 2.05) is 31.2 Å². The van der Waals surface area contributed by atoms with Gasteiger partial charge in [-0.15, -0.1) is 10.0 Å². The van der Waals surface area contributed by atoms with Gasteiger partial charge in [-0.1, -0.05) is 17.7 Å². The van der Waals surface area contributed by atoms with Gasteiger partial charge in [-0.25, -0.2) is 0 Å². The molecular formula is C8H10N4O. The monoisotopic (exact) mass is 178 g/mol. The highest BCUT2D eigenvalue weighted by Gasteiger charge is 1.90. The third kappa shape index (κ3) is 2.90. The summed E-state index contributed by atoms with van der Waals surface area (Å²) < 4.78 is 0. The van der Waals surface area contributed by atoms with Crippen LogP contribution in [0.2, 0.25) is 0 Å². The molecule has 0 aliphatic heterocycles. The maximum atomic E-state index is 9.83. The van der Waals surface area contributed by atoms with Gasteiger partial charge in [0, 0.05) is 5.18 Å². The maximum Gasteiger partial charge on any atom is 0.279 e. The summed E-state index contributed by atoms with van der Waals surface area (Å²) in [6.45, 7) is 1.98. The Morgan fingerprint density at radius 2 is 2.00 bits per heavy atom. The molecule has 13 heavy (non-hydrogen) atoms. The van der Waals surface area contributed by atoms with Gasteiger partial charge >= 0.3 is 0 Å². The topological polar surface area (TPSA) is 79.8 Å². The normalized spacial score (nSPS) is 11.0. The number of nitrogens with two attached hydrogens (primary N) is 1. The van der Waals surface area contributed by atoms with Crippen molar-refractivity contribution in [2.45, 2.75) is 6.92 Å². The molecule has 0 bridgehead atoms. The Labute approximate surface area is 75.6 Å². The molecule has 0 atom stereocenters. The molecule has 0 fully saturated rings. The number of hydrogen-bond acceptors (Lipinski definition) is 3. The van der Waals surface area contributed by atoms with Crippen molar-refractivity contribution < 1.29 is 0 Å². The molecule has 0 spiro atoms. The number of benzene rings is 1. The van der Waals surface area contributed by atoms with Crippen LogP contribution in [0.5, 0.6) is 0 Å². The Hall–Kier alpha value is -1.91. The van der Waals surface area contributed by atoms with E-state index in [0.717, 1.165) is 11.3 Å². The summed E-state index contributed by atoms with van der Waals surface area (Å²) in [6, 6.07) is 7.50. The summed E-state index contributed by atoms with van der Waals surface area (Å²) in [5.41, 5.74) is 9.56. The van der Waals surface area contributed by atoms with E-state index in [-0.39, 0.29) is 5.96 Å². The van der Waals surface area contributed by atoms with Crippen LogP contribution in [0.25, 0.3) is 0 Å². The van der Waals surface area contributed by atoms with E-state index < -0.39 is 0 Å². The molecule has 5 nitrogen and oxygen atoms in total. The molecule has 0 unspecified atom stereocenters. The van der Waals surface area contributed by atoms with E-state index in [1.54, 1.807) is 0 Å². The number of anilines is 1. The Bertz CT molecular complexity index is 317. The zero-order valence-corrected chi connectivity index (χ0v) is 7.19. The van der Waals surface area contributed by atoms with E-state index >= 15 is 0 Å². The third-order valence-corrected chi connectivity index (χ3v) is 1.44. The minimum absolute atomic E-state index is 0.319. The number of guanidine groups is 1. The fourth-order valence-corrected chi connectivity index (χ4v) is 0.770. The lowest BCUT2D eigenvalue weighted by atomic mass is 10.2. The molecule has 68 valence electrons. The van der Waals surface area contributed by atoms with Crippen LogP contribution >= 0.6 is 0 Å². The van der Waals surface area contributed by atoms with Gasteiger partial charge in [0.15, 0.2) is 0 Å². The van der Waals surface area contributed by atoms with Gasteiger partial charge < -0.3 is 5.73 Å². The van der Waals surface area contributed by atoms with Crippen molar-refractivity contribution in [1.29, 1.82) is 0 Å². The molecule has 3 N–H and O–H groups in total. The van der Waals surface area contributed by atoms with Crippen molar-refractivity contribution in [3.63, 3.8) is 0 Å². The number of rotatable bonds is 2. The zero-order valence-electron chi connectivity index (χ0n) is 7.19. The molecule has 0 aliphatic carbocycles. The second kappa shape index (κ2) is 4.20. The standard InChI is InChI=1S/C8H10N4O/c1-6-2-4-7(5-3-6)10-11-8(9)12-13/h2-5,10H,1H3,(H2,9,11). The van der Waals surface area contributed by atoms with Gasteiger partial charge in [0.2, 0.25) is 0 Å². The molecular weight excluding hydrogens is 168 g/mol. The van der Waals surface area contributed by atoms with Crippen molar-refractivity contribution in [3.05, 3.63) is 34.7 Å². The fraction of sp³-hybridized carbons (Fsp3) is 0.125. The first kappa shape index (κ1) is 9.18. The molecule has 0 amide bonds. The van der Waals surface area contributed by atoms with Crippen molar-refractivity contribution >= 4 is 11.6 Å². The molecule has 1 aromatic carbocycles. The highest BCUT2D eigenvalue weighted by Crippen LogP contribution is 2.07.